The summed E-state index contributed by atoms with van der Waals surface area (Å²) < 4.78 is 11.3. The lowest BCUT2D eigenvalue weighted by atomic mass is 9.98. The average molecular weight is 531 g/mol. The summed E-state index contributed by atoms with van der Waals surface area (Å²) in [7, 11) is 0.342. The van der Waals surface area contributed by atoms with E-state index in [1.165, 1.54) is 11.0 Å². The number of anilines is 1. The van der Waals surface area contributed by atoms with Gasteiger partial charge in [0.1, 0.15) is 24.3 Å². The molecular formula is C30H34N2O5Si. The quantitative estimate of drug-likeness (QED) is 0.310. The fourth-order valence-corrected chi connectivity index (χ4v) is 5.70. The molecule has 38 heavy (non-hydrogen) atoms. The summed E-state index contributed by atoms with van der Waals surface area (Å²) in [6.07, 6.45) is 2.18. The van der Waals surface area contributed by atoms with Crippen LogP contribution < -0.4 is 9.64 Å². The SMILES string of the molecule is COc1ccc2cc(C3=CN4C(=O)c5cc(O)c(C)cc5N(COCC[Si](C)(C)C)C(=O)[C@@H]4C3)ccc2c1. The third-order valence-electron chi connectivity index (χ3n) is 7.30. The van der Waals surface area contributed by atoms with Gasteiger partial charge in [-0.3, -0.25) is 14.5 Å². The molecule has 3 aromatic rings. The summed E-state index contributed by atoms with van der Waals surface area (Å²) in [5.41, 5.74) is 3.24. The van der Waals surface area contributed by atoms with Crippen molar-refractivity contribution in [1.82, 2.24) is 4.90 Å². The number of phenolic OH excluding ortho intramolecular Hbond substituents is 1. The number of ether oxygens (including phenoxy) is 2. The molecule has 2 aliphatic heterocycles. The molecule has 0 saturated carbocycles. The third-order valence-corrected chi connectivity index (χ3v) is 9.00. The van der Waals surface area contributed by atoms with Gasteiger partial charge in [-0.2, -0.15) is 0 Å². The van der Waals surface area contributed by atoms with Crippen LogP contribution in [-0.2, 0) is 9.53 Å². The van der Waals surface area contributed by atoms with Crippen LogP contribution in [0.2, 0.25) is 25.7 Å². The van der Waals surface area contributed by atoms with Crippen LogP contribution in [0.5, 0.6) is 11.5 Å². The van der Waals surface area contributed by atoms with Crippen molar-refractivity contribution in [2.45, 2.75) is 45.1 Å². The van der Waals surface area contributed by atoms with E-state index in [1.54, 1.807) is 31.2 Å². The maximum atomic E-state index is 13.9. The first kappa shape index (κ1) is 26.0. The number of benzene rings is 3. The predicted molar refractivity (Wildman–Crippen MR) is 152 cm³/mol. The highest BCUT2D eigenvalue weighted by Gasteiger charge is 2.43. The van der Waals surface area contributed by atoms with Gasteiger partial charge in [-0.1, -0.05) is 37.8 Å². The number of methoxy groups -OCH3 is 1. The fourth-order valence-electron chi connectivity index (χ4n) is 4.95. The van der Waals surface area contributed by atoms with Crippen molar-refractivity contribution in [3.8, 4) is 11.5 Å². The largest absolute Gasteiger partial charge is 0.508 e. The van der Waals surface area contributed by atoms with Crippen LogP contribution in [0.3, 0.4) is 0 Å². The number of carbonyl (C=O) groups is 2. The monoisotopic (exact) mass is 530 g/mol. The summed E-state index contributed by atoms with van der Waals surface area (Å²) in [6, 6.07) is 15.5. The molecule has 0 radical (unpaired) electrons. The molecule has 3 aromatic carbocycles. The van der Waals surface area contributed by atoms with Gasteiger partial charge in [-0.15, -0.1) is 0 Å². The number of carbonyl (C=O) groups excluding carboxylic acids is 2. The Bertz CT molecular complexity index is 1460. The maximum absolute atomic E-state index is 13.9. The van der Waals surface area contributed by atoms with Crippen molar-refractivity contribution in [3.05, 3.63) is 71.4 Å². The minimum absolute atomic E-state index is 0.0240. The second kappa shape index (κ2) is 9.92. The molecule has 0 aliphatic carbocycles. The Hall–Kier alpha value is -3.62. The van der Waals surface area contributed by atoms with Gasteiger partial charge in [0.15, 0.2) is 0 Å². The summed E-state index contributed by atoms with van der Waals surface area (Å²) in [5, 5.41) is 12.5. The zero-order valence-electron chi connectivity index (χ0n) is 22.6. The second-order valence-corrected chi connectivity index (χ2v) is 16.9. The Morgan fingerprint density at radius 3 is 2.50 bits per heavy atom. The van der Waals surface area contributed by atoms with Crippen molar-refractivity contribution in [2.24, 2.45) is 0 Å². The lowest BCUT2D eigenvalue weighted by molar-refractivity contribution is -0.122. The van der Waals surface area contributed by atoms with Crippen LogP contribution in [0.4, 0.5) is 5.69 Å². The van der Waals surface area contributed by atoms with Gasteiger partial charge in [0.25, 0.3) is 11.8 Å². The zero-order valence-corrected chi connectivity index (χ0v) is 23.6. The van der Waals surface area contributed by atoms with E-state index in [2.05, 4.69) is 25.7 Å². The van der Waals surface area contributed by atoms with Crippen LogP contribution >= 0.6 is 0 Å². The van der Waals surface area contributed by atoms with Crippen molar-refractivity contribution in [3.63, 3.8) is 0 Å². The molecule has 0 fully saturated rings. The lowest BCUT2D eigenvalue weighted by Gasteiger charge is -2.26. The molecule has 8 heteroatoms. The Labute approximate surface area is 224 Å². The number of nitrogens with zero attached hydrogens (tertiary/aromatic N) is 2. The van der Waals surface area contributed by atoms with Crippen LogP contribution in [-0.4, -0.2) is 56.4 Å². The normalized spacial score (nSPS) is 17.4. The van der Waals surface area contributed by atoms with E-state index >= 15 is 0 Å². The smallest absolute Gasteiger partial charge is 0.260 e. The van der Waals surface area contributed by atoms with E-state index in [9.17, 15) is 14.7 Å². The minimum Gasteiger partial charge on any atom is -0.508 e. The number of rotatable bonds is 7. The van der Waals surface area contributed by atoms with Gasteiger partial charge >= 0.3 is 0 Å². The van der Waals surface area contributed by atoms with E-state index in [-0.39, 0.29) is 24.3 Å². The first-order valence-electron chi connectivity index (χ1n) is 12.9. The molecule has 0 spiro atoms. The lowest BCUT2D eigenvalue weighted by Crippen LogP contribution is -2.45. The van der Waals surface area contributed by atoms with Gasteiger partial charge in [0, 0.05) is 27.3 Å². The third kappa shape index (κ3) is 4.93. The number of amides is 2. The first-order chi connectivity index (χ1) is 18.1. The highest BCUT2D eigenvalue weighted by molar-refractivity contribution is 6.76. The maximum Gasteiger partial charge on any atom is 0.260 e. The van der Waals surface area contributed by atoms with Gasteiger partial charge in [0.05, 0.1) is 18.4 Å². The van der Waals surface area contributed by atoms with Gasteiger partial charge in [0.2, 0.25) is 0 Å². The molecule has 1 atom stereocenters. The molecule has 1 N–H and O–H groups in total. The van der Waals surface area contributed by atoms with Crippen LogP contribution in [0.25, 0.3) is 16.3 Å². The molecule has 7 nitrogen and oxygen atoms in total. The predicted octanol–water partition coefficient (Wildman–Crippen LogP) is 5.78. The van der Waals surface area contributed by atoms with E-state index in [0.717, 1.165) is 33.7 Å². The summed E-state index contributed by atoms with van der Waals surface area (Å²) >= 11 is 0. The average Bonchev–Trinajstić information content (AvgIpc) is 3.31. The second-order valence-electron chi connectivity index (χ2n) is 11.3. The number of aromatic hydroxyl groups is 1. The highest BCUT2D eigenvalue weighted by atomic mass is 28.3. The van der Waals surface area contributed by atoms with Gasteiger partial charge in [-0.25, -0.2) is 0 Å². The minimum atomic E-state index is -1.30. The van der Waals surface area contributed by atoms with Crippen LogP contribution in [0, 0.1) is 6.92 Å². The topological polar surface area (TPSA) is 79.3 Å². The highest BCUT2D eigenvalue weighted by Crippen LogP contribution is 2.39. The number of hydrogen-bond acceptors (Lipinski definition) is 5. The standard InChI is InChI=1S/C30H34N2O5Si/c1-19-12-26-25(16-28(19)33)29(34)31-17-23(21-6-7-22-14-24(36-2)9-8-20(22)13-21)15-27(31)30(35)32(26)18-37-10-11-38(3,4)5/h6-9,12-14,16-17,27,33H,10-11,15,18H2,1-5H3/t27-/m0/s1. The molecule has 0 aromatic heterocycles. The Kier molecular flexibility index (Phi) is 6.79. The molecule has 0 saturated heterocycles. The van der Waals surface area contributed by atoms with Crippen molar-refractivity contribution < 1.29 is 24.2 Å². The van der Waals surface area contributed by atoms with Crippen LogP contribution in [0.1, 0.15) is 27.9 Å². The van der Waals surface area contributed by atoms with E-state index < -0.39 is 14.1 Å². The van der Waals surface area contributed by atoms with Crippen molar-refractivity contribution >= 4 is 41.9 Å². The fraction of sp³-hybridized carbons (Fsp3) is 0.333. The zero-order chi connectivity index (χ0) is 27.2. The molecule has 2 aliphatic rings. The van der Waals surface area contributed by atoms with E-state index in [0.29, 0.717) is 29.8 Å². The van der Waals surface area contributed by atoms with E-state index in [1.807, 2.05) is 30.3 Å². The molecule has 0 bridgehead atoms. The van der Waals surface area contributed by atoms with Crippen molar-refractivity contribution in [1.29, 1.82) is 0 Å². The van der Waals surface area contributed by atoms with Gasteiger partial charge < -0.3 is 19.5 Å². The number of aryl methyl sites for hydroxylation is 1. The molecule has 198 valence electrons. The molecule has 5 rings (SSSR count). The molecule has 2 heterocycles. The van der Waals surface area contributed by atoms with E-state index in [4.69, 9.17) is 9.47 Å². The van der Waals surface area contributed by atoms with Crippen LogP contribution in [0.15, 0.2) is 54.7 Å². The van der Waals surface area contributed by atoms with Crippen molar-refractivity contribution in [2.75, 3.05) is 25.3 Å². The van der Waals surface area contributed by atoms with Gasteiger partial charge in [-0.05, 0) is 70.8 Å². The molecule has 0 unspecified atom stereocenters. The number of fused-ring (bicyclic) bond motifs is 3. The summed E-state index contributed by atoms with van der Waals surface area (Å²) in [5.74, 6) is 0.320. The number of phenols is 1. The Balaban J connectivity index is 1.49. The Morgan fingerprint density at radius 2 is 1.76 bits per heavy atom. The Morgan fingerprint density at radius 1 is 1.03 bits per heavy atom. The summed E-state index contributed by atoms with van der Waals surface area (Å²) in [6.45, 7) is 9.21. The summed E-state index contributed by atoms with van der Waals surface area (Å²) in [4.78, 5) is 30.8. The first-order valence-corrected chi connectivity index (χ1v) is 16.6. The molecular weight excluding hydrogens is 496 g/mol. The molecule has 2 amide bonds. The number of hydrogen-bond donors (Lipinski definition) is 1.